The SMILES string of the molecule is O=C(Nc1ccnn1C1CCN(C(=O)CN2CCCCC2)CC1)c1ccc2c(c1)OCO2. The van der Waals surface area contributed by atoms with Gasteiger partial charge in [0.05, 0.1) is 18.8 Å². The lowest BCUT2D eigenvalue weighted by atomic mass is 10.0. The van der Waals surface area contributed by atoms with Crippen LogP contribution >= 0.6 is 0 Å². The van der Waals surface area contributed by atoms with Crippen molar-refractivity contribution in [1.82, 2.24) is 19.6 Å². The summed E-state index contributed by atoms with van der Waals surface area (Å²) in [5, 5.41) is 7.41. The first kappa shape index (κ1) is 20.8. The fraction of sp³-hybridized carbons (Fsp3) is 0.522. The third-order valence-corrected chi connectivity index (χ3v) is 6.52. The highest BCUT2D eigenvalue weighted by Crippen LogP contribution is 2.33. The minimum atomic E-state index is -0.223. The Hall–Kier alpha value is -3.07. The van der Waals surface area contributed by atoms with Crippen molar-refractivity contribution in [1.29, 1.82) is 0 Å². The van der Waals surface area contributed by atoms with Gasteiger partial charge in [0, 0.05) is 24.7 Å². The molecule has 0 unspecified atom stereocenters. The van der Waals surface area contributed by atoms with Crippen molar-refractivity contribution >= 4 is 17.6 Å². The summed E-state index contributed by atoms with van der Waals surface area (Å²) in [6.07, 6.45) is 6.99. The van der Waals surface area contributed by atoms with Crippen LogP contribution in [0.25, 0.3) is 0 Å². The van der Waals surface area contributed by atoms with E-state index in [1.807, 2.05) is 9.58 Å². The van der Waals surface area contributed by atoms with Gasteiger partial charge < -0.3 is 19.7 Å². The average Bonchev–Trinajstić information content (AvgIpc) is 3.48. The van der Waals surface area contributed by atoms with E-state index in [2.05, 4.69) is 15.3 Å². The van der Waals surface area contributed by atoms with Gasteiger partial charge in [-0.15, -0.1) is 0 Å². The number of amides is 2. The molecule has 0 radical (unpaired) electrons. The Bertz CT molecular complexity index is 977. The van der Waals surface area contributed by atoms with Crippen LogP contribution in [0, 0.1) is 0 Å². The third kappa shape index (κ3) is 4.43. The van der Waals surface area contributed by atoms with Crippen LogP contribution in [0.5, 0.6) is 11.5 Å². The molecule has 2 amide bonds. The first-order chi connectivity index (χ1) is 15.7. The van der Waals surface area contributed by atoms with Crippen LogP contribution in [0.2, 0.25) is 0 Å². The first-order valence-electron chi connectivity index (χ1n) is 11.4. The summed E-state index contributed by atoms with van der Waals surface area (Å²) in [5.41, 5.74) is 0.500. The number of carbonyl (C=O) groups excluding carboxylic acids is 2. The Morgan fingerprint density at radius 3 is 2.59 bits per heavy atom. The number of hydrogen-bond acceptors (Lipinski definition) is 6. The average molecular weight is 440 g/mol. The fourth-order valence-electron chi connectivity index (χ4n) is 4.70. The van der Waals surface area contributed by atoms with Crippen LogP contribution in [-0.4, -0.2) is 70.9 Å². The molecule has 32 heavy (non-hydrogen) atoms. The lowest BCUT2D eigenvalue weighted by Crippen LogP contribution is -2.45. The third-order valence-electron chi connectivity index (χ3n) is 6.52. The van der Waals surface area contributed by atoms with Gasteiger partial charge in [-0.1, -0.05) is 6.42 Å². The first-order valence-corrected chi connectivity index (χ1v) is 11.4. The van der Waals surface area contributed by atoms with Gasteiger partial charge in [-0.2, -0.15) is 5.10 Å². The Labute approximate surface area is 187 Å². The molecule has 1 N–H and O–H groups in total. The molecule has 3 aliphatic heterocycles. The van der Waals surface area contributed by atoms with E-state index in [-0.39, 0.29) is 24.6 Å². The van der Waals surface area contributed by atoms with Crippen molar-refractivity contribution in [3.8, 4) is 11.5 Å². The zero-order valence-corrected chi connectivity index (χ0v) is 18.2. The highest BCUT2D eigenvalue weighted by Gasteiger charge is 2.27. The Morgan fingerprint density at radius 1 is 1.00 bits per heavy atom. The lowest BCUT2D eigenvalue weighted by molar-refractivity contribution is -0.134. The van der Waals surface area contributed by atoms with E-state index >= 15 is 0 Å². The largest absolute Gasteiger partial charge is 0.454 e. The summed E-state index contributed by atoms with van der Waals surface area (Å²) in [6, 6.07) is 7.10. The Kier molecular flexibility index (Phi) is 5.98. The second-order valence-electron chi connectivity index (χ2n) is 8.63. The van der Waals surface area contributed by atoms with Crippen LogP contribution in [-0.2, 0) is 4.79 Å². The van der Waals surface area contributed by atoms with Gasteiger partial charge in [-0.05, 0) is 57.0 Å². The molecule has 4 heterocycles. The zero-order chi connectivity index (χ0) is 21.9. The maximum atomic E-state index is 12.8. The number of hydrogen-bond donors (Lipinski definition) is 1. The predicted octanol–water partition coefficient (Wildman–Crippen LogP) is 2.51. The summed E-state index contributed by atoms with van der Waals surface area (Å²) < 4.78 is 12.5. The number of carbonyl (C=O) groups is 2. The summed E-state index contributed by atoms with van der Waals surface area (Å²) in [4.78, 5) is 29.7. The molecule has 0 aliphatic carbocycles. The molecule has 1 aromatic carbocycles. The van der Waals surface area contributed by atoms with Crippen molar-refractivity contribution in [2.45, 2.75) is 38.1 Å². The highest BCUT2D eigenvalue weighted by molar-refractivity contribution is 6.04. The van der Waals surface area contributed by atoms with Crippen LogP contribution in [0.4, 0.5) is 5.82 Å². The van der Waals surface area contributed by atoms with Gasteiger partial charge in [0.1, 0.15) is 5.82 Å². The number of fused-ring (bicyclic) bond motifs is 1. The quantitative estimate of drug-likeness (QED) is 0.770. The topological polar surface area (TPSA) is 88.9 Å². The molecular formula is C23H29N5O4. The number of piperidine rings is 2. The van der Waals surface area contributed by atoms with Gasteiger partial charge >= 0.3 is 0 Å². The van der Waals surface area contributed by atoms with Gasteiger partial charge in [0.25, 0.3) is 5.91 Å². The number of benzene rings is 1. The van der Waals surface area contributed by atoms with Crippen LogP contribution in [0.15, 0.2) is 30.5 Å². The van der Waals surface area contributed by atoms with Gasteiger partial charge in [0.15, 0.2) is 11.5 Å². The predicted molar refractivity (Wildman–Crippen MR) is 118 cm³/mol. The molecule has 2 saturated heterocycles. The number of ether oxygens (including phenoxy) is 2. The Balaban J connectivity index is 1.17. The number of aromatic nitrogens is 2. The van der Waals surface area contributed by atoms with E-state index in [1.54, 1.807) is 30.5 Å². The number of likely N-dealkylation sites (tertiary alicyclic amines) is 2. The molecule has 5 rings (SSSR count). The van der Waals surface area contributed by atoms with Gasteiger partial charge in [-0.3, -0.25) is 14.5 Å². The molecule has 9 heteroatoms. The highest BCUT2D eigenvalue weighted by atomic mass is 16.7. The molecule has 0 saturated carbocycles. The summed E-state index contributed by atoms with van der Waals surface area (Å²) in [6.45, 7) is 4.19. The number of nitrogens with zero attached hydrogens (tertiary/aromatic N) is 4. The van der Waals surface area contributed by atoms with Crippen molar-refractivity contribution in [2.75, 3.05) is 44.8 Å². The van der Waals surface area contributed by atoms with E-state index in [4.69, 9.17) is 9.47 Å². The molecule has 2 fully saturated rings. The number of nitrogens with one attached hydrogen (secondary N) is 1. The van der Waals surface area contributed by atoms with E-state index in [1.165, 1.54) is 19.3 Å². The van der Waals surface area contributed by atoms with Crippen LogP contribution in [0.3, 0.4) is 0 Å². The van der Waals surface area contributed by atoms with Crippen molar-refractivity contribution in [3.05, 3.63) is 36.0 Å². The smallest absolute Gasteiger partial charge is 0.256 e. The molecule has 3 aliphatic rings. The second-order valence-corrected chi connectivity index (χ2v) is 8.63. The van der Waals surface area contributed by atoms with Gasteiger partial charge in [0.2, 0.25) is 12.7 Å². The summed E-state index contributed by atoms with van der Waals surface area (Å²) in [5.74, 6) is 1.88. The normalized spacial score (nSPS) is 19.2. The Morgan fingerprint density at radius 2 is 1.78 bits per heavy atom. The molecular weight excluding hydrogens is 410 g/mol. The molecule has 0 atom stereocenters. The minimum Gasteiger partial charge on any atom is -0.454 e. The molecule has 9 nitrogen and oxygen atoms in total. The van der Waals surface area contributed by atoms with Gasteiger partial charge in [-0.25, -0.2) is 4.68 Å². The van der Waals surface area contributed by atoms with Crippen molar-refractivity contribution < 1.29 is 19.1 Å². The number of rotatable bonds is 5. The summed E-state index contributed by atoms with van der Waals surface area (Å²) in [7, 11) is 0. The summed E-state index contributed by atoms with van der Waals surface area (Å²) >= 11 is 0. The zero-order valence-electron chi connectivity index (χ0n) is 18.2. The van der Waals surface area contributed by atoms with Crippen molar-refractivity contribution in [2.24, 2.45) is 0 Å². The monoisotopic (exact) mass is 439 g/mol. The maximum absolute atomic E-state index is 12.8. The van der Waals surface area contributed by atoms with Crippen molar-refractivity contribution in [3.63, 3.8) is 0 Å². The molecule has 170 valence electrons. The molecule has 1 aromatic heterocycles. The molecule has 2 aromatic rings. The number of anilines is 1. The van der Waals surface area contributed by atoms with Crippen LogP contribution < -0.4 is 14.8 Å². The molecule has 0 spiro atoms. The lowest BCUT2D eigenvalue weighted by Gasteiger charge is -2.34. The second kappa shape index (κ2) is 9.20. The molecule has 0 bridgehead atoms. The fourth-order valence-corrected chi connectivity index (χ4v) is 4.70. The van der Waals surface area contributed by atoms with Crippen LogP contribution in [0.1, 0.15) is 48.5 Å². The standard InChI is InChI=1S/C23H29N5O4/c29-22(15-26-10-2-1-3-11-26)27-12-7-18(8-13-27)28-21(6-9-24-28)25-23(30)17-4-5-19-20(14-17)32-16-31-19/h4-6,9,14,18H,1-3,7-8,10-13,15-16H2,(H,25,30). The maximum Gasteiger partial charge on any atom is 0.256 e. The van der Waals surface area contributed by atoms with E-state index in [0.717, 1.165) is 25.9 Å². The van der Waals surface area contributed by atoms with E-state index < -0.39 is 0 Å². The van der Waals surface area contributed by atoms with E-state index in [0.29, 0.717) is 42.5 Å². The minimum absolute atomic E-state index is 0.149. The van der Waals surface area contributed by atoms with E-state index in [9.17, 15) is 9.59 Å².